The Bertz CT molecular complexity index is 459. The molecule has 0 amide bonds. The normalized spacial score (nSPS) is 21.8. The van der Waals surface area contributed by atoms with Crippen LogP contribution in [0.4, 0.5) is 0 Å². The van der Waals surface area contributed by atoms with E-state index in [-0.39, 0.29) is 6.04 Å². The summed E-state index contributed by atoms with van der Waals surface area (Å²) in [5, 5.41) is 0. The van der Waals surface area contributed by atoms with Gasteiger partial charge in [-0.3, -0.25) is 0 Å². The maximum absolute atomic E-state index is 12.4. The molecule has 1 aliphatic heterocycles. The third kappa shape index (κ3) is 2.51. The van der Waals surface area contributed by atoms with Crippen LogP contribution in [0, 0.1) is 0 Å². The number of sulfonamides is 1. The SMILES string of the molecule is NCCC1CCCN1S(=O)(=O)c1ccccc1. The zero-order valence-electron chi connectivity index (χ0n) is 9.75. The maximum Gasteiger partial charge on any atom is 0.243 e. The van der Waals surface area contributed by atoms with Gasteiger partial charge in [-0.15, -0.1) is 0 Å². The molecular weight excluding hydrogens is 236 g/mol. The van der Waals surface area contributed by atoms with Crippen molar-refractivity contribution in [1.29, 1.82) is 0 Å². The average Bonchev–Trinajstić information content (AvgIpc) is 2.80. The summed E-state index contributed by atoms with van der Waals surface area (Å²) in [6.45, 7) is 1.15. The molecule has 0 aromatic heterocycles. The Balaban J connectivity index is 2.27. The highest BCUT2D eigenvalue weighted by molar-refractivity contribution is 7.89. The van der Waals surface area contributed by atoms with Gasteiger partial charge < -0.3 is 5.73 Å². The highest BCUT2D eigenvalue weighted by atomic mass is 32.2. The lowest BCUT2D eigenvalue weighted by molar-refractivity contribution is 0.374. The second-order valence-corrected chi connectivity index (χ2v) is 6.19. The minimum absolute atomic E-state index is 0.0743. The van der Waals surface area contributed by atoms with E-state index < -0.39 is 10.0 Å². The van der Waals surface area contributed by atoms with E-state index in [2.05, 4.69) is 0 Å². The first-order valence-electron chi connectivity index (χ1n) is 5.93. The molecular formula is C12H18N2O2S. The Labute approximate surface area is 102 Å². The monoisotopic (exact) mass is 254 g/mol. The van der Waals surface area contributed by atoms with Crippen LogP contribution in [0.5, 0.6) is 0 Å². The summed E-state index contributed by atoms with van der Waals surface area (Å²) in [4.78, 5) is 0.379. The van der Waals surface area contributed by atoms with Crippen molar-refractivity contribution >= 4 is 10.0 Å². The van der Waals surface area contributed by atoms with E-state index in [1.165, 1.54) is 0 Å². The Morgan fingerprint density at radius 1 is 1.29 bits per heavy atom. The van der Waals surface area contributed by atoms with E-state index in [9.17, 15) is 8.42 Å². The quantitative estimate of drug-likeness (QED) is 0.878. The Morgan fingerprint density at radius 3 is 2.65 bits per heavy atom. The van der Waals surface area contributed by atoms with Crippen LogP contribution in [-0.2, 0) is 10.0 Å². The average molecular weight is 254 g/mol. The number of hydrogen-bond donors (Lipinski definition) is 1. The van der Waals surface area contributed by atoms with Crippen molar-refractivity contribution in [3.63, 3.8) is 0 Å². The van der Waals surface area contributed by atoms with Crippen LogP contribution >= 0.6 is 0 Å². The van der Waals surface area contributed by atoms with Crippen molar-refractivity contribution in [3.8, 4) is 0 Å². The lowest BCUT2D eigenvalue weighted by Gasteiger charge is -2.23. The summed E-state index contributed by atoms with van der Waals surface area (Å²) in [5.74, 6) is 0. The second-order valence-electron chi connectivity index (χ2n) is 4.30. The Morgan fingerprint density at radius 2 is 2.00 bits per heavy atom. The summed E-state index contributed by atoms with van der Waals surface area (Å²) in [6, 6.07) is 8.69. The van der Waals surface area contributed by atoms with Gasteiger partial charge in [0.05, 0.1) is 4.90 Å². The van der Waals surface area contributed by atoms with Crippen molar-refractivity contribution in [3.05, 3.63) is 30.3 Å². The number of rotatable bonds is 4. The Kier molecular flexibility index (Phi) is 3.81. The third-order valence-electron chi connectivity index (χ3n) is 3.17. The van der Waals surface area contributed by atoms with Gasteiger partial charge in [-0.05, 0) is 37.9 Å². The van der Waals surface area contributed by atoms with E-state index in [4.69, 9.17) is 5.73 Å². The smallest absolute Gasteiger partial charge is 0.243 e. The van der Waals surface area contributed by atoms with Crippen LogP contribution in [0.3, 0.4) is 0 Å². The van der Waals surface area contributed by atoms with Crippen LogP contribution in [0.1, 0.15) is 19.3 Å². The molecule has 5 heteroatoms. The van der Waals surface area contributed by atoms with E-state index in [1.54, 1.807) is 28.6 Å². The summed E-state index contributed by atoms with van der Waals surface area (Å²) in [6.07, 6.45) is 2.59. The summed E-state index contributed by atoms with van der Waals surface area (Å²) < 4.78 is 26.4. The summed E-state index contributed by atoms with van der Waals surface area (Å²) in [5.41, 5.74) is 5.53. The van der Waals surface area contributed by atoms with Crippen molar-refractivity contribution in [2.24, 2.45) is 5.73 Å². The molecule has 2 rings (SSSR count). The van der Waals surface area contributed by atoms with Gasteiger partial charge in [0, 0.05) is 12.6 Å². The minimum atomic E-state index is -3.33. The predicted molar refractivity (Wildman–Crippen MR) is 67.0 cm³/mol. The molecule has 0 saturated carbocycles. The van der Waals surface area contributed by atoms with Crippen molar-refractivity contribution in [1.82, 2.24) is 4.31 Å². The molecule has 1 saturated heterocycles. The van der Waals surface area contributed by atoms with Crippen molar-refractivity contribution < 1.29 is 8.42 Å². The van der Waals surface area contributed by atoms with E-state index in [0.29, 0.717) is 18.0 Å². The van der Waals surface area contributed by atoms with Crippen LogP contribution in [-0.4, -0.2) is 31.9 Å². The van der Waals surface area contributed by atoms with E-state index >= 15 is 0 Å². The van der Waals surface area contributed by atoms with Gasteiger partial charge in [-0.25, -0.2) is 8.42 Å². The fraction of sp³-hybridized carbons (Fsp3) is 0.500. The van der Waals surface area contributed by atoms with Gasteiger partial charge in [0.25, 0.3) is 0 Å². The lowest BCUT2D eigenvalue weighted by atomic mass is 10.2. The first-order chi connectivity index (χ1) is 8.16. The number of benzene rings is 1. The fourth-order valence-electron chi connectivity index (χ4n) is 2.33. The number of nitrogens with two attached hydrogens (primary N) is 1. The first-order valence-corrected chi connectivity index (χ1v) is 7.37. The molecule has 1 fully saturated rings. The summed E-state index contributed by atoms with van der Waals surface area (Å²) in [7, 11) is -3.33. The van der Waals surface area contributed by atoms with Gasteiger partial charge in [0.1, 0.15) is 0 Å². The first kappa shape index (κ1) is 12.5. The molecule has 1 unspecified atom stereocenters. The molecule has 94 valence electrons. The van der Waals surface area contributed by atoms with Crippen molar-refractivity contribution in [2.45, 2.75) is 30.2 Å². The van der Waals surface area contributed by atoms with Gasteiger partial charge in [-0.1, -0.05) is 18.2 Å². The largest absolute Gasteiger partial charge is 0.330 e. The van der Waals surface area contributed by atoms with E-state index in [1.807, 2.05) is 6.07 Å². The zero-order chi connectivity index (χ0) is 12.3. The van der Waals surface area contributed by atoms with Crippen LogP contribution in [0.15, 0.2) is 35.2 Å². The molecule has 0 radical (unpaired) electrons. The van der Waals surface area contributed by atoms with Gasteiger partial charge in [0.15, 0.2) is 0 Å². The highest BCUT2D eigenvalue weighted by Crippen LogP contribution is 2.27. The molecule has 2 N–H and O–H groups in total. The molecule has 1 heterocycles. The molecule has 1 aromatic rings. The predicted octanol–water partition coefficient (Wildman–Crippen LogP) is 1.19. The third-order valence-corrected chi connectivity index (χ3v) is 5.14. The number of hydrogen-bond acceptors (Lipinski definition) is 3. The van der Waals surface area contributed by atoms with Crippen LogP contribution < -0.4 is 5.73 Å². The molecule has 0 bridgehead atoms. The standard InChI is InChI=1S/C12H18N2O2S/c13-9-8-11-5-4-10-14(11)17(15,16)12-6-2-1-3-7-12/h1-3,6-7,11H,4-5,8-10,13H2. The topological polar surface area (TPSA) is 63.4 Å². The molecule has 1 atom stereocenters. The second kappa shape index (κ2) is 5.16. The fourth-order valence-corrected chi connectivity index (χ4v) is 4.08. The molecule has 1 aromatic carbocycles. The minimum Gasteiger partial charge on any atom is -0.330 e. The molecule has 17 heavy (non-hydrogen) atoms. The highest BCUT2D eigenvalue weighted by Gasteiger charge is 2.34. The molecule has 4 nitrogen and oxygen atoms in total. The molecule has 1 aliphatic rings. The van der Waals surface area contributed by atoms with Crippen LogP contribution in [0.2, 0.25) is 0 Å². The van der Waals surface area contributed by atoms with Crippen LogP contribution in [0.25, 0.3) is 0 Å². The van der Waals surface area contributed by atoms with E-state index in [0.717, 1.165) is 19.3 Å². The number of nitrogens with zero attached hydrogens (tertiary/aromatic N) is 1. The lowest BCUT2D eigenvalue weighted by Crippen LogP contribution is -2.36. The van der Waals surface area contributed by atoms with Crippen molar-refractivity contribution in [2.75, 3.05) is 13.1 Å². The van der Waals surface area contributed by atoms with Gasteiger partial charge in [0.2, 0.25) is 10.0 Å². The maximum atomic E-state index is 12.4. The Hall–Kier alpha value is -0.910. The zero-order valence-corrected chi connectivity index (χ0v) is 10.6. The molecule has 0 aliphatic carbocycles. The van der Waals surface area contributed by atoms with Gasteiger partial charge >= 0.3 is 0 Å². The van der Waals surface area contributed by atoms with Gasteiger partial charge in [-0.2, -0.15) is 4.31 Å². The molecule has 0 spiro atoms. The summed E-state index contributed by atoms with van der Waals surface area (Å²) >= 11 is 0.